The number of amides is 1. The van der Waals surface area contributed by atoms with Gasteiger partial charge in [0, 0.05) is 10.2 Å². The van der Waals surface area contributed by atoms with Crippen LogP contribution in [0.5, 0.6) is 5.75 Å². The van der Waals surface area contributed by atoms with Gasteiger partial charge in [0.05, 0.1) is 12.7 Å². The van der Waals surface area contributed by atoms with Gasteiger partial charge in [0.15, 0.2) is 11.6 Å². The molecule has 0 aromatic heterocycles. The average Bonchev–Trinajstić information content (AvgIpc) is 2.42. The molecule has 21 heavy (non-hydrogen) atoms. The Morgan fingerprint density at radius 2 is 1.86 bits per heavy atom. The number of rotatable bonds is 3. The molecule has 7 heteroatoms. The highest BCUT2D eigenvalue weighted by Crippen LogP contribution is 2.26. The minimum absolute atomic E-state index is 0.0826. The van der Waals surface area contributed by atoms with Gasteiger partial charge in [-0.2, -0.15) is 0 Å². The molecule has 0 aliphatic heterocycles. The van der Waals surface area contributed by atoms with Crippen molar-refractivity contribution < 1.29 is 18.3 Å². The third kappa shape index (κ3) is 3.30. The molecule has 0 aliphatic rings. The first-order chi connectivity index (χ1) is 9.92. The zero-order chi connectivity index (χ0) is 15.6. The van der Waals surface area contributed by atoms with Crippen LogP contribution >= 0.6 is 15.9 Å². The molecular weight excluding hydrogens is 346 g/mol. The first-order valence-electron chi connectivity index (χ1n) is 5.81. The van der Waals surface area contributed by atoms with E-state index < -0.39 is 23.2 Å². The molecule has 2 rings (SSSR count). The molecule has 0 aliphatic carbocycles. The number of nitrogens with two attached hydrogens (primary N) is 1. The van der Waals surface area contributed by atoms with Gasteiger partial charge in [-0.3, -0.25) is 4.79 Å². The number of carbonyl (C=O) groups is 1. The van der Waals surface area contributed by atoms with Crippen LogP contribution < -0.4 is 15.8 Å². The van der Waals surface area contributed by atoms with Gasteiger partial charge in [-0.15, -0.1) is 0 Å². The van der Waals surface area contributed by atoms with Crippen molar-refractivity contribution in [3.8, 4) is 5.75 Å². The number of hydrogen-bond donors (Lipinski definition) is 2. The van der Waals surface area contributed by atoms with E-state index in [1.807, 2.05) is 0 Å². The van der Waals surface area contributed by atoms with Gasteiger partial charge >= 0.3 is 0 Å². The summed E-state index contributed by atoms with van der Waals surface area (Å²) in [7, 11) is 1.38. The maximum Gasteiger partial charge on any atom is 0.259 e. The molecule has 1 amide bonds. The Hall–Kier alpha value is -2.15. The molecule has 0 heterocycles. The summed E-state index contributed by atoms with van der Waals surface area (Å²) in [6.45, 7) is 0. The van der Waals surface area contributed by atoms with Crippen LogP contribution in [0.4, 0.5) is 20.2 Å². The monoisotopic (exact) mass is 356 g/mol. The molecule has 0 saturated heterocycles. The summed E-state index contributed by atoms with van der Waals surface area (Å²) in [5.74, 6) is -2.25. The minimum Gasteiger partial charge on any atom is -0.496 e. The third-order valence-electron chi connectivity index (χ3n) is 2.71. The summed E-state index contributed by atoms with van der Waals surface area (Å²) in [5, 5.41) is 2.18. The van der Waals surface area contributed by atoms with E-state index in [9.17, 15) is 13.6 Å². The summed E-state index contributed by atoms with van der Waals surface area (Å²) in [6.07, 6.45) is 0. The quantitative estimate of drug-likeness (QED) is 0.826. The lowest BCUT2D eigenvalue weighted by Crippen LogP contribution is -2.15. The highest BCUT2D eigenvalue weighted by atomic mass is 79.9. The second kappa shape index (κ2) is 6.09. The molecular formula is C14H11BrF2N2O2. The maximum absolute atomic E-state index is 13.7. The van der Waals surface area contributed by atoms with Gasteiger partial charge in [-0.25, -0.2) is 8.78 Å². The number of nitrogens with one attached hydrogen (secondary N) is 1. The molecule has 2 aromatic carbocycles. The van der Waals surface area contributed by atoms with Gasteiger partial charge in [0.1, 0.15) is 11.4 Å². The van der Waals surface area contributed by atoms with Gasteiger partial charge in [0.25, 0.3) is 5.91 Å². The Bertz CT molecular complexity index is 684. The summed E-state index contributed by atoms with van der Waals surface area (Å²) in [5.41, 5.74) is 5.48. The van der Waals surface area contributed by atoms with Gasteiger partial charge in [-0.05, 0) is 30.3 Å². The molecule has 0 saturated carbocycles. The Balaban J connectivity index is 2.37. The van der Waals surface area contributed by atoms with Crippen molar-refractivity contribution in [2.75, 3.05) is 18.2 Å². The van der Waals surface area contributed by atoms with Crippen LogP contribution in [0, 0.1) is 11.6 Å². The highest BCUT2D eigenvalue weighted by Gasteiger charge is 2.18. The van der Waals surface area contributed by atoms with E-state index in [1.165, 1.54) is 19.2 Å². The fourth-order valence-corrected chi connectivity index (χ4v) is 2.15. The van der Waals surface area contributed by atoms with E-state index in [2.05, 4.69) is 21.2 Å². The van der Waals surface area contributed by atoms with Crippen molar-refractivity contribution in [2.45, 2.75) is 0 Å². The van der Waals surface area contributed by atoms with Crippen molar-refractivity contribution >= 4 is 33.2 Å². The molecule has 0 fully saturated rings. The number of nitrogen functional groups attached to an aromatic ring is 1. The lowest BCUT2D eigenvalue weighted by atomic mass is 10.1. The highest BCUT2D eigenvalue weighted by molar-refractivity contribution is 9.10. The Morgan fingerprint density at radius 3 is 2.43 bits per heavy atom. The maximum atomic E-state index is 13.7. The molecule has 0 atom stereocenters. The topological polar surface area (TPSA) is 64.3 Å². The normalized spacial score (nSPS) is 10.3. The van der Waals surface area contributed by atoms with Crippen molar-refractivity contribution in [3.63, 3.8) is 0 Å². The number of benzene rings is 2. The summed E-state index contributed by atoms with van der Waals surface area (Å²) in [6, 6.07) is 6.52. The smallest absolute Gasteiger partial charge is 0.259 e. The summed E-state index contributed by atoms with van der Waals surface area (Å²) < 4.78 is 32.7. The van der Waals surface area contributed by atoms with Crippen LogP contribution in [0.1, 0.15) is 10.4 Å². The minimum atomic E-state index is -0.891. The van der Waals surface area contributed by atoms with Crippen LogP contribution in [0.25, 0.3) is 0 Å². The first kappa shape index (κ1) is 15.2. The van der Waals surface area contributed by atoms with Crippen molar-refractivity contribution in [2.24, 2.45) is 0 Å². The van der Waals surface area contributed by atoms with E-state index in [-0.39, 0.29) is 15.8 Å². The molecule has 3 N–H and O–H groups in total. The Kier molecular flexibility index (Phi) is 4.42. The van der Waals surface area contributed by atoms with Crippen molar-refractivity contribution in [1.29, 1.82) is 0 Å². The molecule has 0 radical (unpaired) electrons. The van der Waals surface area contributed by atoms with Crippen LogP contribution in [0.15, 0.2) is 34.8 Å². The number of ether oxygens (including phenoxy) is 1. The molecule has 110 valence electrons. The lowest BCUT2D eigenvalue weighted by Gasteiger charge is -2.11. The van der Waals surface area contributed by atoms with Crippen LogP contribution in [-0.4, -0.2) is 13.0 Å². The van der Waals surface area contributed by atoms with Crippen LogP contribution in [0.2, 0.25) is 0 Å². The zero-order valence-electron chi connectivity index (χ0n) is 10.9. The average molecular weight is 357 g/mol. The van der Waals surface area contributed by atoms with Crippen molar-refractivity contribution in [3.05, 3.63) is 52.0 Å². The van der Waals surface area contributed by atoms with Crippen LogP contribution in [0.3, 0.4) is 0 Å². The fourth-order valence-electron chi connectivity index (χ4n) is 1.75. The molecule has 0 unspecified atom stereocenters. The SMILES string of the molecule is COc1ccc(N)cc1C(=O)Nc1c(F)cc(Br)cc1F. The van der Waals surface area contributed by atoms with E-state index >= 15 is 0 Å². The number of halogens is 3. The van der Waals surface area contributed by atoms with E-state index in [0.717, 1.165) is 12.1 Å². The zero-order valence-corrected chi connectivity index (χ0v) is 12.5. The standard InChI is InChI=1S/C14H11BrF2N2O2/c1-21-12-3-2-8(18)6-9(12)14(20)19-13-10(16)4-7(15)5-11(13)17/h2-6H,18H2,1H3,(H,19,20). The third-order valence-corrected chi connectivity index (χ3v) is 3.17. The summed E-state index contributed by atoms with van der Waals surface area (Å²) in [4.78, 5) is 12.1. The first-order valence-corrected chi connectivity index (χ1v) is 6.61. The molecule has 0 bridgehead atoms. The van der Waals surface area contributed by atoms with E-state index in [1.54, 1.807) is 6.07 Å². The number of hydrogen-bond acceptors (Lipinski definition) is 3. The van der Waals surface area contributed by atoms with Crippen LogP contribution in [-0.2, 0) is 0 Å². The Labute approximate surface area is 128 Å². The second-order valence-corrected chi connectivity index (χ2v) is 5.07. The molecule has 0 spiro atoms. The predicted molar refractivity (Wildman–Crippen MR) is 79.4 cm³/mol. The largest absolute Gasteiger partial charge is 0.496 e. The number of methoxy groups -OCH3 is 1. The van der Waals surface area contributed by atoms with Gasteiger partial charge in [0.2, 0.25) is 0 Å². The van der Waals surface area contributed by atoms with E-state index in [4.69, 9.17) is 10.5 Å². The fraction of sp³-hybridized carbons (Fsp3) is 0.0714. The Morgan fingerprint density at radius 1 is 1.24 bits per heavy atom. The number of carbonyl (C=O) groups excluding carboxylic acids is 1. The molecule has 2 aromatic rings. The number of anilines is 2. The van der Waals surface area contributed by atoms with Gasteiger partial charge in [-0.1, -0.05) is 15.9 Å². The van der Waals surface area contributed by atoms with E-state index in [0.29, 0.717) is 5.69 Å². The summed E-state index contributed by atoms with van der Waals surface area (Å²) >= 11 is 2.96. The predicted octanol–water partition coefficient (Wildman–Crippen LogP) is 3.57. The lowest BCUT2D eigenvalue weighted by molar-refractivity contribution is 0.102. The second-order valence-electron chi connectivity index (χ2n) is 4.16. The molecule has 4 nitrogen and oxygen atoms in total. The van der Waals surface area contributed by atoms with Gasteiger partial charge < -0.3 is 15.8 Å². The van der Waals surface area contributed by atoms with Crippen molar-refractivity contribution in [1.82, 2.24) is 0 Å².